The molecule has 4 nitrogen and oxygen atoms in total. The second-order valence-electron chi connectivity index (χ2n) is 5.31. The van der Waals surface area contributed by atoms with Gasteiger partial charge in [-0.2, -0.15) is 0 Å². The molecule has 2 aromatic rings. The average Bonchev–Trinajstić information content (AvgIpc) is 2.55. The quantitative estimate of drug-likeness (QED) is 0.567. The van der Waals surface area contributed by atoms with Crippen molar-refractivity contribution in [3.05, 3.63) is 69.0 Å². The van der Waals surface area contributed by atoms with Gasteiger partial charge in [-0.25, -0.2) is 9.18 Å². The number of hydrogen-bond acceptors (Lipinski definition) is 3. The maximum Gasteiger partial charge on any atom is 0.339 e. The molecule has 0 radical (unpaired) electrons. The smallest absolute Gasteiger partial charge is 0.339 e. The van der Waals surface area contributed by atoms with Gasteiger partial charge >= 0.3 is 5.97 Å². The van der Waals surface area contributed by atoms with Gasteiger partial charge in [-0.3, -0.25) is 4.79 Å². The second-order valence-corrected chi connectivity index (χ2v) is 6.47. The Morgan fingerprint density at radius 1 is 1.08 bits per heavy atom. The highest BCUT2D eigenvalue weighted by Gasteiger charge is 2.21. The summed E-state index contributed by atoms with van der Waals surface area (Å²) in [6.45, 7) is 3.29. The molecule has 0 heterocycles. The normalized spacial score (nSPS) is 13.0. The Morgan fingerprint density at radius 3 is 2.33 bits per heavy atom. The zero-order valence-corrected chi connectivity index (χ0v) is 15.4. The van der Waals surface area contributed by atoms with E-state index in [1.165, 1.54) is 19.1 Å². The molecule has 0 aliphatic carbocycles. The van der Waals surface area contributed by atoms with Gasteiger partial charge in [0.15, 0.2) is 6.10 Å². The van der Waals surface area contributed by atoms with Crippen LogP contribution >= 0.6 is 22.6 Å². The molecule has 1 N–H and O–H groups in total. The number of hydrogen-bond donors (Lipinski definition) is 1. The molecule has 24 heavy (non-hydrogen) atoms. The first-order chi connectivity index (χ1) is 11.4. The summed E-state index contributed by atoms with van der Waals surface area (Å²) in [7, 11) is 0. The van der Waals surface area contributed by atoms with Gasteiger partial charge in [0, 0.05) is 3.57 Å². The molecule has 0 fully saturated rings. The largest absolute Gasteiger partial charge is 0.449 e. The summed E-state index contributed by atoms with van der Waals surface area (Å²) in [6.07, 6.45) is -0.934. The molecule has 0 aliphatic heterocycles. The van der Waals surface area contributed by atoms with Crippen LogP contribution in [0.25, 0.3) is 0 Å². The maximum absolute atomic E-state index is 12.9. The number of carbonyl (C=O) groups excluding carboxylic acids is 2. The Morgan fingerprint density at radius 2 is 1.71 bits per heavy atom. The van der Waals surface area contributed by atoms with Crippen LogP contribution in [0.1, 0.15) is 35.8 Å². The van der Waals surface area contributed by atoms with Crippen molar-refractivity contribution in [2.75, 3.05) is 0 Å². The Kier molecular flexibility index (Phi) is 6.30. The van der Waals surface area contributed by atoms with Crippen LogP contribution in [0.2, 0.25) is 0 Å². The summed E-state index contributed by atoms with van der Waals surface area (Å²) in [5.74, 6) is -1.29. The topological polar surface area (TPSA) is 55.4 Å². The summed E-state index contributed by atoms with van der Waals surface area (Å²) in [5.41, 5.74) is 1.19. The summed E-state index contributed by atoms with van der Waals surface area (Å²) in [4.78, 5) is 24.3. The number of amides is 1. The van der Waals surface area contributed by atoms with Crippen molar-refractivity contribution in [3.63, 3.8) is 0 Å². The van der Waals surface area contributed by atoms with E-state index in [0.717, 1.165) is 9.13 Å². The van der Waals surface area contributed by atoms with E-state index in [4.69, 9.17) is 4.74 Å². The number of carbonyl (C=O) groups is 2. The van der Waals surface area contributed by atoms with E-state index in [9.17, 15) is 14.0 Å². The van der Waals surface area contributed by atoms with Gasteiger partial charge in [-0.1, -0.05) is 24.3 Å². The molecule has 1 amide bonds. The van der Waals surface area contributed by atoms with Crippen LogP contribution in [-0.4, -0.2) is 18.0 Å². The number of benzene rings is 2. The third-order valence-electron chi connectivity index (χ3n) is 3.48. The van der Waals surface area contributed by atoms with E-state index in [0.29, 0.717) is 5.56 Å². The van der Waals surface area contributed by atoms with Crippen LogP contribution in [0.15, 0.2) is 48.5 Å². The molecule has 2 rings (SSSR count). The third-order valence-corrected chi connectivity index (χ3v) is 4.42. The monoisotopic (exact) mass is 441 g/mol. The number of esters is 1. The molecule has 6 heteroatoms. The Balaban J connectivity index is 1.95. The lowest BCUT2D eigenvalue weighted by Gasteiger charge is -2.18. The van der Waals surface area contributed by atoms with Crippen molar-refractivity contribution in [2.45, 2.75) is 26.0 Å². The van der Waals surface area contributed by atoms with E-state index in [-0.39, 0.29) is 11.9 Å². The van der Waals surface area contributed by atoms with E-state index >= 15 is 0 Å². The standard InChI is InChI=1S/C18H17FINO3/c1-11(13-7-9-14(19)10-8-13)21-17(22)12(2)24-18(23)15-5-3-4-6-16(15)20/h3-12H,1-2H3,(H,21,22). The third kappa shape index (κ3) is 4.77. The highest BCUT2D eigenvalue weighted by molar-refractivity contribution is 14.1. The molecule has 2 aromatic carbocycles. The van der Waals surface area contributed by atoms with E-state index < -0.39 is 18.0 Å². The first kappa shape index (κ1) is 18.4. The van der Waals surface area contributed by atoms with Crippen LogP contribution in [0.4, 0.5) is 4.39 Å². The minimum absolute atomic E-state index is 0.323. The van der Waals surface area contributed by atoms with Gasteiger partial charge in [0.25, 0.3) is 5.91 Å². The molecule has 0 saturated carbocycles. The SMILES string of the molecule is CC(OC(=O)c1ccccc1I)C(=O)NC(C)c1ccc(F)cc1. The van der Waals surface area contributed by atoms with E-state index in [1.807, 2.05) is 28.7 Å². The summed E-state index contributed by atoms with van der Waals surface area (Å²) < 4.78 is 18.9. The molecule has 0 aliphatic rings. The van der Waals surface area contributed by atoms with Crippen LogP contribution in [0.5, 0.6) is 0 Å². The summed E-state index contributed by atoms with van der Waals surface area (Å²) in [5, 5.41) is 2.75. The number of nitrogens with one attached hydrogen (secondary N) is 1. The predicted octanol–water partition coefficient (Wildman–Crippen LogP) is 3.85. The number of halogens is 2. The second kappa shape index (κ2) is 8.23. The first-order valence-electron chi connectivity index (χ1n) is 7.40. The number of rotatable bonds is 5. The molecule has 0 saturated heterocycles. The van der Waals surface area contributed by atoms with E-state index in [1.54, 1.807) is 37.3 Å². The van der Waals surface area contributed by atoms with Gasteiger partial charge in [-0.15, -0.1) is 0 Å². The Labute approximate surface area is 153 Å². The van der Waals surface area contributed by atoms with Crippen molar-refractivity contribution in [2.24, 2.45) is 0 Å². The van der Waals surface area contributed by atoms with Gasteiger partial charge in [0.05, 0.1) is 11.6 Å². The first-order valence-corrected chi connectivity index (χ1v) is 8.47. The fourth-order valence-electron chi connectivity index (χ4n) is 2.07. The number of ether oxygens (including phenoxy) is 1. The van der Waals surface area contributed by atoms with Crippen LogP contribution in [-0.2, 0) is 9.53 Å². The molecule has 126 valence electrons. The summed E-state index contributed by atoms with van der Waals surface area (Å²) >= 11 is 2.04. The maximum atomic E-state index is 12.9. The highest BCUT2D eigenvalue weighted by atomic mass is 127. The van der Waals surface area contributed by atoms with Crippen molar-refractivity contribution < 1.29 is 18.7 Å². The van der Waals surface area contributed by atoms with Gasteiger partial charge in [0.2, 0.25) is 0 Å². The minimum atomic E-state index is -0.934. The molecular weight excluding hydrogens is 424 g/mol. The molecule has 0 bridgehead atoms. The van der Waals surface area contributed by atoms with E-state index in [2.05, 4.69) is 5.32 Å². The van der Waals surface area contributed by atoms with Crippen LogP contribution in [0.3, 0.4) is 0 Å². The van der Waals surface area contributed by atoms with Gasteiger partial charge in [-0.05, 0) is 66.3 Å². The van der Waals surface area contributed by atoms with Crippen molar-refractivity contribution in [1.29, 1.82) is 0 Å². The van der Waals surface area contributed by atoms with Crippen LogP contribution < -0.4 is 5.32 Å². The average molecular weight is 441 g/mol. The predicted molar refractivity (Wildman–Crippen MR) is 97.0 cm³/mol. The molecule has 2 atom stereocenters. The minimum Gasteiger partial charge on any atom is -0.449 e. The van der Waals surface area contributed by atoms with Crippen LogP contribution in [0, 0.1) is 9.39 Å². The molecule has 0 aromatic heterocycles. The fourth-order valence-corrected chi connectivity index (χ4v) is 2.68. The van der Waals surface area contributed by atoms with Crippen molar-refractivity contribution in [3.8, 4) is 0 Å². The lowest BCUT2D eigenvalue weighted by molar-refractivity contribution is -0.129. The lowest BCUT2D eigenvalue weighted by atomic mass is 10.1. The van der Waals surface area contributed by atoms with Crippen molar-refractivity contribution >= 4 is 34.5 Å². The van der Waals surface area contributed by atoms with Crippen molar-refractivity contribution in [1.82, 2.24) is 5.32 Å². The molecule has 0 spiro atoms. The Hall–Kier alpha value is -1.96. The zero-order chi connectivity index (χ0) is 17.7. The Bertz CT molecular complexity index is 733. The van der Waals surface area contributed by atoms with Gasteiger partial charge in [0.1, 0.15) is 5.82 Å². The van der Waals surface area contributed by atoms with Gasteiger partial charge < -0.3 is 10.1 Å². The highest BCUT2D eigenvalue weighted by Crippen LogP contribution is 2.15. The zero-order valence-electron chi connectivity index (χ0n) is 13.3. The molecule has 2 unspecified atom stereocenters. The molecular formula is C18H17FINO3. The summed E-state index contributed by atoms with van der Waals surface area (Å²) in [6, 6.07) is 12.5. The fraction of sp³-hybridized carbons (Fsp3) is 0.222. The lowest BCUT2D eigenvalue weighted by Crippen LogP contribution is -2.37.